The largest absolute Gasteiger partial charge is 0.409 e. The van der Waals surface area contributed by atoms with Crippen molar-refractivity contribution in [3.8, 4) is 11.6 Å². The molecule has 0 aliphatic carbocycles. The van der Waals surface area contributed by atoms with Crippen molar-refractivity contribution in [1.82, 2.24) is 9.78 Å². The van der Waals surface area contributed by atoms with Crippen molar-refractivity contribution in [2.75, 3.05) is 31.2 Å². The lowest BCUT2D eigenvalue weighted by Crippen LogP contribution is -2.36. The van der Waals surface area contributed by atoms with Crippen molar-refractivity contribution in [3.05, 3.63) is 81.8 Å². The molecule has 0 unspecified atom stereocenters. The number of carbonyl (C=O) groups is 1. The van der Waals surface area contributed by atoms with Crippen LogP contribution < -0.4 is 15.2 Å². The third kappa shape index (κ3) is 4.27. The lowest BCUT2D eigenvalue weighted by atomic mass is 10.2. The minimum atomic E-state index is -0.332. The van der Waals surface area contributed by atoms with Crippen LogP contribution >= 0.6 is 0 Å². The van der Waals surface area contributed by atoms with E-state index < -0.39 is 0 Å². The van der Waals surface area contributed by atoms with Crippen LogP contribution in [0.15, 0.2) is 65.1 Å². The van der Waals surface area contributed by atoms with Crippen molar-refractivity contribution in [2.45, 2.75) is 0 Å². The number of ether oxygens (including phenoxy) is 2. The molecule has 0 bridgehead atoms. The summed E-state index contributed by atoms with van der Waals surface area (Å²) in [6, 6.07) is 17.1. The molecule has 0 radical (unpaired) electrons. The number of hydrogen-bond acceptors (Lipinski definition) is 5. The third-order valence-electron chi connectivity index (χ3n) is 4.82. The number of nitrogens with one attached hydrogen (secondary N) is 1. The topological polar surface area (TPSA) is 76.6 Å². The Morgan fingerprint density at radius 2 is 1.70 bits per heavy atom. The molecule has 2 aromatic carbocycles. The second-order valence-corrected chi connectivity index (χ2v) is 6.69. The molecule has 0 saturated carbocycles. The Balaban J connectivity index is 1.58. The van der Waals surface area contributed by atoms with E-state index in [0.29, 0.717) is 5.69 Å². The van der Waals surface area contributed by atoms with E-state index in [1.807, 2.05) is 30.3 Å². The molecule has 7 heteroatoms. The Hall–Kier alpha value is -3.80. The van der Waals surface area contributed by atoms with Gasteiger partial charge in [0.15, 0.2) is 0 Å². The van der Waals surface area contributed by atoms with Crippen molar-refractivity contribution >= 4 is 24.3 Å². The number of benzene rings is 2. The number of morpholine rings is 1. The van der Waals surface area contributed by atoms with E-state index in [9.17, 15) is 9.59 Å². The Labute approximate surface area is 173 Å². The smallest absolute Gasteiger partial charge is 0.299 e. The number of rotatable bonds is 6. The van der Waals surface area contributed by atoms with Crippen LogP contribution in [0.5, 0.6) is 5.88 Å². The number of hydrogen-bond donors (Lipinski definition) is 1. The number of anilines is 1. The molecule has 4 rings (SSSR count). The van der Waals surface area contributed by atoms with Gasteiger partial charge in [-0.2, -0.15) is 0 Å². The molecule has 1 aliphatic rings. The second kappa shape index (κ2) is 9.13. The average molecular weight is 403 g/mol. The molecule has 7 nitrogen and oxygen atoms in total. The summed E-state index contributed by atoms with van der Waals surface area (Å²) < 4.78 is 11.7. The highest BCUT2D eigenvalue weighted by atomic mass is 16.5. The molecule has 1 saturated heterocycles. The first-order valence-electron chi connectivity index (χ1n) is 9.62. The maximum absolute atomic E-state index is 12.8. The molecular weight excluding hydrogens is 382 g/mol. The molecule has 1 aromatic heterocycles. The Morgan fingerprint density at radius 1 is 0.967 bits per heavy atom. The highest BCUT2D eigenvalue weighted by Gasteiger charge is 2.14. The summed E-state index contributed by atoms with van der Waals surface area (Å²) in [7, 11) is 0. The van der Waals surface area contributed by atoms with Gasteiger partial charge < -0.3 is 14.4 Å². The van der Waals surface area contributed by atoms with Crippen molar-refractivity contribution < 1.29 is 14.3 Å². The number of carbonyl (C=O) groups excluding carboxylic acids is 1. The van der Waals surface area contributed by atoms with Crippen LogP contribution in [-0.4, -0.2) is 42.6 Å². The van der Waals surface area contributed by atoms with Crippen LogP contribution in [-0.2, 0) is 9.53 Å². The van der Waals surface area contributed by atoms with Crippen LogP contribution in [0.1, 0.15) is 11.1 Å². The van der Waals surface area contributed by atoms with Gasteiger partial charge in [-0.1, -0.05) is 30.3 Å². The van der Waals surface area contributed by atoms with E-state index in [-0.39, 0.29) is 23.5 Å². The standard InChI is InChI=1S/C23H21N3O4/c27-17-30-22-21(23(28)26(24-22)20-6-2-1-3-7-20)8-4-5-18-9-11-19(12-10-18)25-13-15-29-16-14-25/h1-3,5-12,17,24H,13-16H2. The molecule has 0 amide bonds. The van der Waals surface area contributed by atoms with Gasteiger partial charge in [0.2, 0.25) is 5.88 Å². The van der Waals surface area contributed by atoms with Crippen LogP contribution in [0.2, 0.25) is 0 Å². The van der Waals surface area contributed by atoms with Crippen molar-refractivity contribution in [3.63, 3.8) is 0 Å². The molecule has 1 fully saturated rings. The summed E-state index contributed by atoms with van der Waals surface area (Å²) in [6.07, 6.45) is 3.28. The molecule has 2 heterocycles. The van der Waals surface area contributed by atoms with Gasteiger partial charge in [0.1, 0.15) is 5.56 Å². The summed E-state index contributed by atoms with van der Waals surface area (Å²) in [5.74, 6) is 0.0717. The fourth-order valence-electron chi connectivity index (χ4n) is 3.28. The van der Waals surface area contributed by atoms with Gasteiger partial charge in [-0.25, -0.2) is 4.68 Å². The van der Waals surface area contributed by atoms with Gasteiger partial charge in [0, 0.05) is 18.8 Å². The van der Waals surface area contributed by atoms with Gasteiger partial charge in [0.05, 0.1) is 18.9 Å². The van der Waals surface area contributed by atoms with E-state index in [4.69, 9.17) is 9.47 Å². The van der Waals surface area contributed by atoms with Crippen LogP contribution in [0.3, 0.4) is 0 Å². The van der Waals surface area contributed by atoms with Crippen LogP contribution in [0.25, 0.3) is 17.8 Å². The normalized spacial score (nSPS) is 13.4. The summed E-state index contributed by atoms with van der Waals surface area (Å²) in [4.78, 5) is 25.9. The molecule has 152 valence electrons. The first kappa shape index (κ1) is 19.5. The third-order valence-corrected chi connectivity index (χ3v) is 4.82. The van der Waals surface area contributed by atoms with Gasteiger partial charge >= 0.3 is 0 Å². The zero-order chi connectivity index (χ0) is 20.8. The number of para-hydroxylation sites is 1. The van der Waals surface area contributed by atoms with Crippen molar-refractivity contribution in [1.29, 1.82) is 0 Å². The van der Waals surface area contributed by atoms with Crippen LogP contribution in [0.4, 0.5) is 5.69 Å². The van der Waals surface area contributed by atoms with Gasteiger partial charge in [-0.3, -0.25) is 14.7 Å². The summed E-state index contributed by atoms with van der Waals surface area (Å²) in [6.45, 7) is 3.54. The molecule has 30 heavy (non-hydrogen) atoms. The molecule has 1 N–H and O–H groups in total. The van der Waals surface area contributed by atoms with E-state index in [2.05, 4.69) is 27.9 Å². The number of nitrogens with zero attached hydrogens (tertiary/aromatic N) is 2. The minimum Gasteiger partial charge on any atom is -0.409 e. The van der Waals surface area contributed by atoms with E-state index in [1.54, 1.807) is 18.2 Å². The lowest BCUT2D eigenvalue weighted by Gasteiger charge is -2.28. The van der Waals surface area contributed by atoms with Crippen LogP contribution in [0, 0.1) is 0 Å². The predicted molar refractivity (Wildman–Crippen MR) is 115 cm³/mol. The van der Waals surface area contributed by atoms with E-state index >= 15 is 0 Å². The molecule has 3 aromatic rings. The maximum Gasteiger partial charge on any atom is 0.299 e. The molecule has 0 spiro atoms. The highest BCUT2D eigenvalue weighted by Crippen LogP contribution is 2.18. The van der Waals surface area contributed by atoms with Gasteiger partial charge in [-0.15, -0.1) is 5.73 Å². The first-order chi connectivity index (χ1) is 14.8. The van der Waals surface area contributed by atoms with Gasteiger partial charge in [-0.05, 0) is 42.0 Å². The SMILES string of the molecule is O=COc1[nH]n(-c2ccccc2)c(=O)c1C=C=Cc1ccc(N2CCOCC2)cc1. The zero-order valence-corrected chi connectivity index (χ0v) is 16.3. The number of aromatic amines is 1. The average Bonchev–Trinajstić information content (AvgIpc) is 3.11. The fourth-order valence-corrected chi connectivity index (χ4v) is 3.28. The first-order valence-corrected chi connectivity index (χ1v) is 9.62. The Morgan fingerprint density at radius 3 is 2.40 bits per heavy atom. The molecule has 1 aliphatic heterocycles. The Bertz CT molecular complexity index is 1120. The highest BCUT2D eigenvalue weighted by molar-refractivity contribution is 5.63. The predicted octanol–water partition coefficient (Wildman–Crippen LogP) is 2.86. The van der Waals surface area contributed by atoms with E-state index in [0.717, 1.165) is 37.6 Å². The van der Waals surface area contributed by atoms with Gasteiger partial charge in [0.25, 0.3) is 12.0 Å². The molecular formula is C23H21N3O4. The summed E-state index contributed by atoms with van der Waals surface area (Å²) in [5.41, 5.74) is 5.63. The monoisotopic (exact) mass is 403 g/mol. The van der Waals surface area contributed by atoms with Crippen molar-refractivity contribution in [2.24, 2.45) is 0 Å². The maximum atomic E-state index is 12.8. The lowest BCUT2D eigenvalue weighted by molar-refractivity contribution is -0.120. The summed E-state index contributed by atoms with van der Waals surface area (Å²) in [5, 5.41) is 2.81. The van der Waals surface area contributed by atoms with E-state index in [1.165, 1.54) is 10.8 Å². The minimum absolute atomic E-state index is 0.0717. The number of aromatic nitrogens is 2. The quantitative estimate of drug-likeness (QED) is 0.506. The second-order valence-electron chi connectivity index (χ2n) is 6.69. The Kier molecular flexibility index (Phi) is 5.94. The fraction of sp³-hybridized carbons (Fsp3) is 0.174. The summed E-state index contributed by atoms with van der Waals surface area (Å²) >= 11 is 0. The molecule has 0 atom stereocenters. The zero-order valence-electron chi connectivity index (χ0n) is 16.3. The number of H-pyrrole nitrogens is 1.